The van der Waals surface area contributed by atoms with Gasteiger partial charge in [0.05, 0.1) is 5.60 Å². The molecule has 0 fully saturated rings. The van der Waals surface area contributed by atoms with Crippen molar-refractivity contribution in [1.82, 2.24) is 14.4 Å². The number of carbonyl (C=O) groups is 1. The van der Waals surface area contributed by atoms with Gasteiger partial charge in [0.15, 0.2) is 5.78 Å². The Hall–Kier alpha value is -2.57. The van der Waals surface area contributed by atoms with Gasteiger partial charge in [-0.3, -0.25) is 4.79 Å². The molecule has 0 N–H and O–H groups in total. The number of hydrogen-bond donors (Lipinski definition) is 0. The van der Waals surface area contributed by atoms with Gasteiger partial charge in [0, 0.05) is 45.7 Å². The third kappa shape index (κ3) is 3.65. The van der Waals surface area contributed by atoms with E-state index in [1.807, 2.05) is 55.7 Å². The Bertz CT molecular complexity index is 1340. The summed E-state index contributed by atoms with van der Waals surface area (Å²) < 4.78 is 8.40. The van der Waals surface area contributed by atoms with E-state index in [1.54, 1.807) is 13.1 Å². The Morgan fingerprint density at radius 2 is 2.00 bits per heavy atom. The van der Waals surface area contributed by atoms with E-state index in [9.17, 15) is 4.79 Å². The van der Waals surface area contributed by atoms with Crippen molar-refractivity contribution in [2.24, 2.45) is 0 Å². The number of imidazole rings is 1. The normalized spacial score (nSPS) is 15.3. The van der Waals surface area contributed by atoms with Crippen molar-refractivity contribution in [2.45, 2.75) is 72.0 Å². The smallest absolute Gasteiger partial charge is 0.163 e. The third-order valence-electron chi connectivity index (χ3n) is 6.11. The van der Waals surface area contributed by atoms with E-state index in [0.29, 0.717) is 0 Å². The fraction of sp³-hybridized carbons (Fsp3) is 0.423. The summed E-state index contributed by atoms with van der Waals surface area (Å²) in [6.45, 7) is 9.61. The zero-order valence-electron chi connectivity index (χ0n) is 19.4. The van der Waals surface area contributed by atoms with E-state index in [2.05, 4.69) is 17.2 Å². The Morgan fingerprint density at radius 1 is 1.22 bits per heavy atom. The van der Waals surface area contributed by atoms with Crippen molar-refractivity contribution in [3.05, 3.63) is 52.4 Å². The summed E-state index contributed by atoms with van der Waals surface area (Å²) in [7, 11) is 0. The maximum atomic E-state index is 12.9. The molecule has 0 aromatic carbocycles. The lowest BCUT2D eigenvalue weighted by molar-refractivity contribution is -0.138. The zero-order chi connectivity index (χ0) is 22.6. The van der Waals surface area contributed by atoms with Gasteiger partial charge in [-0.2, -0.15) is 0 Å². The number of pyridine rings is 2. The molecule has 0 amide bonds. The SMILES string of the molecule is CC(=O)[C@@H](OC(C)(C)C)c1c(C)nc2sc3c(c2c1-c1ccc2nccn2c1)CCCC3. The number of Topliss-reactive ketones (excluding diaryl/α,β-unsaturated/α-hetero) is 1. The molecular weight excluding hydrogens is 418 g/mol. The fourth-order valence-electron chi connectivity index (χ4n) is 4.80. The number of ketones is 1. The standard InChI is InChI=1S/C26H29N3O2S/c1-15-21(24(16(2)30)31-26(3,4)5)22(17-10-11-20-27-12-13-29(20)14-17)23-18-8-6-7-9-19(18)32-25(23)28-15/h10-14,24H,6-9H2,1-5H3/t24-/m1/s1. The van der Waals surface area contributed by atoms with Gasteiger partial charge in [0.1, 0.15) is 16.6 Å². The van der Waals surface area contributed by atoms with Crippen molar-refractivity contribution in [1.29, 1.82) is 0 Å². The third-order valence-corrected chi connectivity index (χ3v) is 7.30. The van der Waals surface area contributed by atoms with Crippen molar-refractivity contribution >= 4 is 33.0 Å². The first-order valence-electron chi connectivity index (χ1n) is 11.3. The molecule has 4 heterocycles. The molecule has 1 aliphatic rings. The molecule has 5 rings (SSSR count). The van der Waals surface area contributed by atoms with Crippen molar-refractivity contribution < 1.29 is 9.53 Å². The Balaban J connectivity index is 1.87. The summed E-state index contributed by atoms with van der Waals surface area (Å²) in [5.74, 6) is -0.00164. The van der Waals surface area contributed by atoms with Crippen molar-refractivity contribution in [2.75, 3.05) is 0 Å². The molecule has 0 saturated carbocycles. The molecule has 0 radical (unpaired) electrons. The molecule has 1 aliphatic carbocycles. The van der Waals surface area contributed by atoms with Crippen LogP contribution in [0.5, 0.6) is 0 Å². The van der Waals surface area contributed by atoms with Crippen LogP contribution in [0.2, 0.25) is 0 Å². The minimum absolute atomic E-state index is 0.00164. The second-order valence-corrected chi connectivity index (χ2v) is 10.8. The van der Waals surface area contributed by atoms with Gasteiger partial charge in [-0.25, -0.2) is 9.97 Å². The molecule has 6 heteroatoms. The van der Waals surface area contributed by atoms with Crippen LogP contribution in [0.15, 0.2) is 30.7 Å². The van der Waals surface area contributed by atoms with Gasteiger partial charge >= 0.3 is 0 Å². The summed E-state index contributed by atoms with van der Waals surface area (Å²) in [6.07, 6.45) is 9.80. The van der Waals surface area contributed by atoms with Crippen LogP contribution >= 0.6 is 11.3 Å². The minimum atomic E-state index is -0.667. The lowest BCUT2D eigenvalue weighted by atomic mass is 9.87. The largest absolute Gasteiger partial charge is 0.360 e. The Labute approximate surface area is 192 Å². The summed E-state index contributed by atoms with van der Waals surface area (Å²) in [5, 5.41) is 1.20. The second-order valence-electron chi connectivity index (χ2n) is 9.71. The van der Waals surface area contributed by atoms with Crippen LogP contribution in [0.1, 0.15) is 68.3 Å². The molecular formula is C26H29N3O2S. The first-order chi connectivity index (χ1) is 15.2. The van der Waals surface area contributed by atoms with Crippen molar-refractivity contribution in [3.8, 4) is 11.1 Å². The van der Waals surface area contributed by atoms with Crippen LogP contribution in [0.3, 0.4) is 0 Å². The van der Waals surface area contributed by atoms with Crippen LogP contribution in [-0.2, 0) is 22.4 Å². The van der Waals surface area contributed by atoms with Gasteiger partial charge < -0.3 is 9.14 Å². The lowest BCUT2D eigenvalue weighted by Gasteiger charge is -2.29. The average molecular weight is 448 g/mol. The predicted octanol–water partition coefficient (Wildman–Crippen LogP) is 6.24. The van der Waals surface area contributed by atoms with E-state index in [4.69, 9.17) is 9.72 Å². The maximum Gasteiger partial charge on any atom is 0.163 e. The number of carbonyl (C=O) groups excluding carboxylic acids is 1. The highest BCUT2D eigenvalue weighted by Gasteiger charge is 2.32. The topological polar surface area (TPSA) is 56.5 Å². The molecule has 32 heavy (non-hydrogen) atoms. The number of aromatic nitrogens is 3. The van der Waals surface area contributed by atoms with Crippen LogP contribution in [0.4, 0.5) is 0 Å². The fourth-order valence-corrected chi connectivity index (χ4v) is 6.12. The van der Waals surface area contributed by atoms with Crippen LogP contribution in [0, 0.1) is 6.92 Å². The number of rotatable bonds is 4. The van der Waals surface area contributed by atoms with Gasteiger partial charge in [-0.15, -0.1) is 11.3 Å². The highest BCUT2D eigenvalue weighted by molar-refractivity contribution is 7.19. The minimum Gasteiger partial charge on any atom is -0.360 e. The number of hydrogen-bond acceptors (Lipinski definition) is 5. The quantitative estimate of drug-likeness (QED) is 0.371. The van der Waals surface area contributed by atoms with E-state index in [0.717, 1.165) is 45.7 Å². The predicted molar refractivity (Wildman–Crippen MR) is 129 cm³/mol. The van der Waals surface area contributed by atoms with Gasteiger partial charge in [0.25, 0.3) is 0 Å². The number of fused-ring (bicyclic) bond motifs is 4. The van der Waals surface area contributed by atoms with Crippen LogP contribution in [0.25, 0.3) is 27.0 Å². The van der Waals surface area contributed by atoms with Gasteiger partial charge in [0.2, 0.25) is 0 Å². The highest BCUT2D eigenvalue weighted by Crippen LogP contribution is 2.45. The summed E-state index contributed by atoms with van der Waals surface area (Å²) in [5.41, 5.74) is 5.76. The highest BCUT2D eigenvalue weighted by atomic mass is 32.1. The Morgan fingerprint density at radius 3 is 2.75 bits per heavy atom. The van der Waals surface area contributed by atoms with E-state index in [-0.39, 0.29) is 5.78 Å². The molecule has 1 atom stereocenters. The first-order valence-corrected chi connectivity index (χ1v) is 12.1. The molecule has 0 bridgehead atoms. The number of thiophene rings is 1. The molecule has 4 aromatic heterocycles. The molecule has 166 valence electrons. The molecule has 4 aromatic rings. The van der Waals surface area contributed by atoms with Crippen LogP contribution < -0.4 is 0 Å². The summed E-state index contributed by atoms with van der Waals surface area (Å²) >= 11 is 1.81. The average Bonchev–Trinajstić information content (AvgIpc) is 3.33. The van der Waals surface area contributed by atoms with E-state index < -0.39 is 11.7 Å². The van der Waals surface area contributed by atoms with Crippen molar-refractivity contribution in [3.63, 3.8) is 0 Å². The lowest BCUT2D eigenvalue weighted by Crippen LogP contribution is -2.27. The second kappa shape index (κ2) is 7.78. The van der Waals surface area contributed by atoms with E-state index in [1.165, 1.54) is 28.7 Å². The van der Waals surface area contributed by atoms with Gasteiger partial charge in [-0.05, 0) is 83.6 Å². The van der Waals surface area contributed by atoms with Gasteiger partial charge in [-0.1, -0.05) is 0 Å². The summed E-state index contributed by atoms with van der Waals surface area (Å²) in [4.78, 5) is 24.9. The molecule has 0 saturated heterocycles. The maximum absolute atomic E-state index is 12.9. The molecule has 5 nitrogen and oxygen atoms in total. The Kier molecular flexibility index (Phi) is 5.18. The zero-order valence-corrected chi connectivity index (χ0v) is 20.2. The number of nitrogens with zero attached hydrogens (tertiary/aromatic N) is 3. The van der Waals surface area contributed by atoms with Crippen LogP contribution in [-0.4, -0.2) is 25.8 Å². The number of ether oxygens (including phenoxy) is 1. The summed E-state index contributed by atoms with van der Waals surface area (Å²) in [6, 6.07) is 4.15. The molecule has 0 aliphatic heterocycles. The van der Waals surface area contributed by atoms with E-state index >= 15 is 0 Å². The number of aryl methyl sites for hydroxylation is 3. The molecule has 0 spiro atoms. The monoisotopic (exact) mass is 447 g/mol. The first kappa shape index (κ1) is 21.3. The molecule has 0 unspecified atom stereocenters.